The fourth-order valence-corrected chi connectivity index (χ4v) is 2.50. The van der Waals surface area contributed by atoms with Crippen LogP contribution in [0.5, 0.6) is 0 Å². The van der Waals surface area contributed by atoms with Crippen LogP contribution in [-0.4, -0.2) is 12.1 Å². The van der Waals surface area contributed by atoms with Crippen molar-refractivity contribution in [3.8, 4) is 0 Å². The summed E-state index contributed by atoms with van der Waals surface area (Å²) < 4.78 is 0. The molecule has 3 nitrogen and oxygen atoms in total. The standard InChI is InChI=1S/C16H22O3/c1-3-13-7-9-14(10-8-13)16(17)19-18-15-6-4-5-12(2)11-15/h7-10,12,15H,3-6,11H2,1-2H3. The molecule has 1 fully saturated rings. The Labute approximate surface area is 114 Å². The number of benzene rings is 1. The van der Waals surface area contributed by atoms with Gasteiger partial charge in [0.2, 0.25) is 0 Å². The van der Waals surface area contributed by atoms with Gasteiger partial charge in [-0.25, -0.2) is 4.79 Å². The third-order valence-corrected chi connectivity index (χ3v) is 3.75. The van der Waals surface area contributed by atoms with Crippen LogP contribution < -0.4 is 0 Å². The summed E-state index contributed by atoms with van der Waals surface area (Å²) in [4.78, 5) is 22.0. The molecule has 0 heterocycles. The van der Waals surface area contributed by atoms with Gasteiger partial charge in [-0.15, -0.1) is 0 Å². The van der Waals surface area contributed by atoms with Crippen LogP contribution in [0, 0.1) is 5.92 Å². The molecule has 2 rings (SSSR count). The molecule has 0 N–H and O–H groups in total. The van der Waals surface area contributed by atoms with Crippen LogP contribution in [0.3, 0.4) is 0 Å². The average Bonchev–Trinajstić information content (AvgIpc) is 2.45. The zero-order valence-electron chi connectivity index (χ0n) is 11.7. The maximum absolute atomic E-state index is 11.8. The number of hydrogen-bond acceptors (Lipinski definition) is 3. The minimum Gasteiger partial charge on any atom is -0.293 e. The molecule has 1 aliphatic rings. The van der Waals surface area contributed by atoms with Gasteiger partial charge in [0.15, 0.2) is 0 Å². The van der Waals surface area contributed by atoms with Crippen LogP contribution >= 0.6 is 0 Å². The molecule has 0 amide bonds. The maximum atomic E-state index is 11.8. The van der Waals surface area contributed by atoms with E-state index in [4.69, 9.17) is 9.78 Å². The highest BCUT2D eigenvalue weighted by atomic mass is 17.2. The summed E-state index contributed by atoms with van der Waals surface area (Å²) in [6, 6.07) is 7.46. The predicted molar refractivity (Wildman–Crippen MR) is 73.7 cm³/mol. The molecular weight excluding hydrogens is 240 g/mol. The number of hydrogen-bond donors (Lipinski definition) is 0. The number of carbonyl (C=O) groups is 1. The molecule has 0 radical (unpaired) electrons. The summed E-state index contributed by atoms with van der Waals surface area (Å²) in [5.74, 6) is 0.252. The van der Waals surface area contributed by atoms with Gasteiger partial charge in [0.1, 0.15) is 6.10 Å². The molecule has 104 valence electrons. The first kappa shape index (κ1) is 14.1. The van der Waals surface area contributed by atoms with E-state index < -0.39 is 5.97 Å². The van der Waals surface area contributed by atoms with Crippen molar-refractivity contribution in [1.82, 2.24) is 0 Å². The Kier molecular flexibility index (Phi) is 4.97. The molecule has 1 aromatic rings. The molecule has 0 aliphatic heterocycles. The van der Waals surface area contributed by atoms with Gasteiger partial charge in [-0.1, -0.05) is 38.8 Å². The van der Waals surface area contributed by atoms with Crippen molar-refractivity contribution in [3.63, 3.8) is 0 Å². The molecule has 1 aliphatic carbocycles. The number of aryl methyl sites for hydroxylation is 1. The molecule has 3 heteroatoms. The molecular formula is C16H22O3. The van der Waals surface area contributed by atoms with Crippen molar-refractivity contribution in [1.29, 1.82) is 0 Å². The molecule has 1 saturated carbocycles. The van der Waals surface area contributed by atoms with Crippen molar-refractivity contribution in [2.45, 2.75) is 52.1 Å². The van der Waals surface area contributed by atoms with Gasteiger partial charge >= 0.3 is 5.97 Å². The van der Waals surface area contributed by atoms with Crippen LogP contribution in [0.15, 0.2) is 24.3 Å². The smallest absolute Gasteiger partial charge is 0.293 e. The van der Waals surface area contributed by atoms with Gasteiger partial charge in [0.25, 0.3) is 0 Å². The lowest BCUT2D eigenvalue weighted by atomic mass is 9.89. The first-order chi connectivity index (χ1) is 9.19. The molecule has 1 aromatic carbocycles. The van der Waals surface area contributed by atoms with Crippen molar-refractivity contribution >= 4 is 5.97 Å². The normalized spacial score (nSPS) is 23.1. The van der Waals surface area contributed by atoms with E-state index in [9.17, 15) is 4.79 Å². The minimum absolute atomic E-state index is 0.0580. The number of carbonyl (C=O) groups excluding carboxylic acids is 1. The van der Waals surface area contributed by atoms with E-state index in [0.29, 0.717) is 11.5 Å². The highest BCUT2D eigenvalue weighted by molar-refractivity contribution is 5.88. The predicted octanol–water partition coefficient (Wildman–Crippen LogP) is 3.92. The van der Waals surface area contributed by atoms with Crippen LogP contribution in [0.4, 0.5) is 0 Å². The third kappa shape index (κ3) is 4.06. The molecule has 2 atom stereocenters. The Hall–Kier alpha value is -1.35. The number of rotatable bonds is 4. The summed E-state index contributed by atoms with van der Waals surface area (Å²) in [6.07, 6.45) is 5.36. The summed E-state index contributed by atoms with van der Waals surface area (Å²) in [5.41, 5.74) is 1.75. The largest absolute Gasteiger partial charge is 0.373 e. The Morgan fingerprint density at radius 1 is 1.26 bits per heavy atom. The Balaban J connectivity index is 1.83. The average molecular weight is 262 g/mol. The van der Waals surface area contributed by atoms with E-state index in [1.54, 1.807) is 12.1 Å². The summed E-state index contributed by atoms with van der Waals surface area (Å²) >= 11 is 0. The second-order valence-electron chi connectivity index (χ2n) is 5.41. The molecule has 0 saturated heterocycles. The van der Waals surface area contributed by atoms with Gasteiger partial charge in [-0.05, 0) is 42.9 Å². The van der Waals surface area contributed by atoms with Crippen molar-refractivity contribution in [2.24, 2.45) is 5.92 Å². The third-order valence-electron chi connectivity index (χ3n) is 3.75. The van der Waals surface area contributed by atoms with Gasteiger partial charge in [0.05, 0.1) is 5.56 Å². The lowest BCUT2D eigenvalue weighted by Gasteiger charge is -2.24. The van der Waals surface area contributed by atoms with Gasteiger partial charge in [0, 0.05) is 0 Å². The van der Waals surface area contributed by atoms with Gasteiger partial charge in [-0.3, -0.25) is 4.89 Å². The highest BCUT2D eigenvalue weighted by Gasteiger charge is 2.22. The monoisotopic (exact) mass is 262 g/mol. The second-order valence-corrected chi connectivity index (χ2v) is 5.41. The molecule has 0 bridgehead atoms. The summed E-state index contributed by atoms with van der Waals surface area (Å²) in [6.45, 7) is 4.29. The van der Waals surface area contributed by atoms with E-state index in [1.807, 2.05) is 12.1 Å². The highest BCUT2D eigenvalue weighted by Crippen LogP contribution is 2.26. The maximum Gasteiger partial charge on any atom is 0.373 e. The Bertz CT molecular complexity index is 411. The molecule has 0 spiro atoms. The molecule has 19 heavy (non-hydrogen) atoms. The lowest BCUT2D eigenvalue weighted by molar-refractivity contribution is -0.281. The van der Waals surface area contributed by atoms with Crippen molar-refractivity contribution < 1.29 is 14.6 Å². The van der Waals surface area contributed by atoms with Crippen molar-refractivity contribution in [2.75, 3.05) is 0 Å². The van der Waals surface area contributed by atoms with E-state index in [-0.39, 0.29) is 6.10 Å². The van der Waals surface area contributed by atoms with Crippen molar-refractivity contribution in [3.05, 3.63) is 35.4 Å². The quantitative estimate of drug-likeness (QED) is 0.609. The SMILES string of the molecule is CCc1ccc(C(=O)OOC2CCCC(C)C2)cc1. The zero-order chi connectivity index (χ0) is 13.7. The van der Waals surface area contributed by atoms with E-state index in [1.165, 1.54) is 12.0 Å². The minimum atomic E-state index is -0.402. The summed E-state index contributed by atoms with van der Waals surface area (Å²) in [5, 5.41) is 0. The molecule has 0 aromatic heterocycles. The topological polar surface area (TPSA) is 35.5 Å². The van der Waals surface area contributed by atoms with Crippen LogP contribution in [0.25, 0.3) is 0 Å². The van der Waals surface area contributed by atoms with Gasteiger partial charge < -0.3 is 0 Å². The Morgan fingerprint density at radius 2 is 2.00 bits per heavy atom. The van der Waals surface area contributed by atoms with E-state index in [2.05, 4.69) is 13.8 Å². The second kappa shape index (κ2) is 6.71. The molecule has 2 unspecified atom stereocenters. The summed E-state index contributed by atoms with van der Waals surface area (Å²) in [7, 11) is 0. The zero-order valence-corrected chi connectivity index (χ0v) is 11.7. The van der Waals surface area contributed by atoms with Crippen LogP contribution in [0.2, 0.25) is 0 Å². The van der Waals surface area contributed by atoms with E-state index in [0.717, 1.165) is 25.7 Å². The lowest BCUT2D eigenvalue weighted by Crippen LogP contribution is -2.23. The van der Waals surface area contributed by atoms with Gasteiger partial charge in [-0.2, -0.15) is 4.89 Å². The Morgan fingerprint density at radius 3 is 2.63 bits per heavy atom. The fraction of sp³-hybridized carbons (Fsp3) is 0.562. The van der Waals surface area contributed by atoms with Crippen LogP contribution in [0.1, 0.15) is 55.5 Å². The first-order valence-electron chi connectivity index (χ1n) is 7.15. The first-order valence-corrected chi connectivity index (χ1v) is 7.15. The van der Waals surface area contributed by atoms with Crippen LogP contribution in [-0.2, 0) is 16.2 Å². The van der Waals surface area contributed by atoms with E-state index >= 15 is 0 Å². The fourth-order valence-electron chi connectivity index (χ4n) is 2.50.